The van der Waals surface area contributed by atoms with Gasteiger partial charge in [0.2, 0.25) is 0 Å². The molecule has 0 spiro atoms. The number of hydrogen-bond acceptors (Lipinski definition) is 5. The topological polar surface area (TPSA) is 56.5 Å². The Bertz CT molecular complexity index is 988. The second-order valence-corrected chi connectivity index (χ2v) is 9.08. The number of methoxy groups -OCH3 is 2. The van der Waals surface area contributed by atoms with Crippen molar-refractivity contribution in [2.24, 2.45) is 0 Å². The third kappa shape index (κ3) is 8.34. The number of nitrogens with two attached hydrogens (primary N) is 1. The van der Waals surface area contributed by atoms with Gasteiger partial charge in [0.05, 0.1) is 19.4 Å². The molecule has 0 fully saturated rings. The molecule has 178 valence electrons. The molecule has 33 heavy (non-hydrogen) atoms. The lowest BCUT2D eigenvalue weighted by Gasteiger charge is -2.16. The molecule has 0 saturated heterocycles. The van der Waals surface area contributed by atoms with Crippen molar-refractivity contribution in [2.75, 3.05) is 44.7 Å². The quantitative estimate of drug-likeness (QED) is 0.207. The lowest BCUT2D eigenvalue weighted by molar-refractivity contribution is 0.210. The molecule has 0 atom stereocenters. The van der Waals surface area contributed by atoms with Crippen LogP contribution < -0.4 is 15.8 Å². The van der Waals surface area contributed by atoms with E-state index in [1.165, 1.54) is 21.6 Å². The van der Waals surface area contributed by atoms with Crippen molar-refractivity contribution in [3.8, 4) is 5.75 Å². The molecular formula is C28H38N2O2S. The Kier molecular flexibility index (Phi) is 11.1. The van der Waals surface area contributed by atoms with Crippen LogP contribution in [0.1, 0.15) is 42.0 Å². The maximum absolute atomic E-state index is 6.22. The molecule has 3 rings (SSSR count). The van der Waals surface area contributed by atoms with Crippen molar-refractivity contribution in [3.63, 3.8) is 0 Å². The summed E-state index contributed by atoms with van der Waals surface area (Å²) in [7, 11) is 3.34. The molecule has 0 aliphatic carbocycles. The van der Waals surface area contributed by atoms with Gasteiger partial charge in [-0.2, -0.15) is 0 Å². The molecule has 0 aliphatic heterocycles. The van der Waals surface area contributed by atoms with E-state index >= 15 is 0 Å². The van der Waals surface area contributed by atoms with Crippen molar-refractivity contribution in [2.45, 2.75) is 38.0 Å². The van der Waals surface area contributed by atoms with Gasteiger partial charge in [-0.05, 0) is 60.4 Å². The molecule has 0 aliphatic rings. The van der Waals surface area contributed by atoms with Crippen LogP contribution in [-0.4, -0.2) is 33.6 Å². The molecule has 0 radical (unpaired) electrons. The summed E-state index contributed by atoms with van der Waals surface area (Å²) in [5, 5.41) is 3.27. The normalized spacial score (nSPS) is 10.5. The molecule has 4 nitrogen and oxygen atoms in total. The van der Waals surface area contributed by atoms with E-state index in [-0.39, 0.29) is 0 Å². The highest BCUT2D eigenvalue weighted by molar-refractivity contribution is 7.98. The highest BCUT2D eigenvalue weighted by Crippen LogP contribution is 2.34. The predicted molar refractivity (Wildman–Crippen MR) is 144 cm³/mol. The molecule has 0 unspecified atom stereocenters. The Morgan fingerprint density at radius 2 is 1.70 bits per heavy atom. The van der Waals surface area contributed by atoms with Crippen molar-refractivity contribution in [1.29, 1.82) is 0 Å². The molecular weight excluding hydrogens is 428 g/mol. The van der Waals surface area contributed by atoms with E-state index in [0.717, 1.165) is 23.4 Å². The van der Waals surface area contributed by atoms with E-state index in [1.54, 1.807) is 26.0 Å². The Morgan fingerprint density at radius 1 is 1.00 bits per heavy atom. The van der Waals surface area contributed by atoms with Gasteiger partial charge in [0, 0.05) is 18.6 Å². The largest absolute Gasteiger partial charge is 0.494 e. The summed E-state index contributed by atoms with van der Waals surface area (Å²) < 4.78 is 10.6. The van der Waals surface area contributed by atoms with E-state index in [4.69, 9.17) is 15.2 Å². The third-order valence-electron chi connectivity index (χ3n) is 5.35. The first kappa shape index (κ1) is 26.6. The lowest BCUT2D eigenvalue weighted by atomic mass is 10.0. The molecule has 0 saturated carbocycles. The average Bonchev–Trinajstić information content (AvgIpc) is 2.81. The zero-order valence-corrected chi connectivity index (χ0v) is 21.6. The van der Waals surface area contributed by atoms with Crippen molar-refractivity contribution in [3.05, 3.63) is 82.9 Å². The molecule has 3 aromatic rings. The molecule has 0 amide bonds. The molecule has 0 bridgehead atoms. The fourth-order valence-corrected chi connectivity index (χ4v) is 4.06. The zero-order chi connectivity index (χ0) is 24.2. The highest BCUT2D eigenvalue weighted by Gasteiger charge is 2.11. The van der Waals surface area contributed by atoms with Gasteiger partial charge in [-0.25, -0.2) is 0 Å². The second-order valence-electron chi connectivity index (χ2n) is 8.24. The van der Waals surface area contributed by atoms with E-state index in [1.807, 2.05) is 12.1 Å². The van der Waals surface area contributed by atoms with Crippen LogP contribution in [0.5, 0.6) is 5.75 Å². The van der Waals surface area contributed by atoms with Crippen molar-refractivity contribution in [1.82, 2.24) is 0 Å². The van der Waals surface area contributed by atoms with Gasteiger partial charge in [0.1, 0.15) is 11.4 Å². The van der Waals surface area contributed by atoms with E-state index in [2.05, 4.69) is 80.9 Å². The first-order chi connectivity index (χ1) is 15.9. The smallest absolute Gasteiger partial charge is 0.144 e. The van der Waals surface area contributed by atoms with Crippen LogP contribution in [0.2, 0.25) is 0 Å². The van der Waals surface area contributed by atoms with Crippen LogP contribution in [-0.2, 0) is 11.2 Å². The summed E-state index contributed by atoms with van der Waals surface area (Å²) in [6.07, 6.45) is 2.92. The zero-order valence-electron chi connectivity index (χ0n) is 20.8. The Morgan fingerprint density at radius 3 is 2.30 bits per heavy atom. The number of nitrogen functional groups attached to an aromatic ring is 1. The van der Waals surface area contributed by atoms with Gasteiger partial charge in [0.25, 0.3) is 0 Å². The second kappa shape index (κ2) is 13.8. The Labute approximate surface area is 203 Å². The summed E-state index contributed by atoms with van der Waals surface area (Å²) in [4.78, 5) is 1.28. The van der Waals surface area contributed by atoms with E-state index in [9.17, 15) is 0 Å². The molecule has 3 N–H and O–H groups in total. The first-order valence-corrected chi connectivity index (χ1v) is 12.5. The maximum Gasteiger partial charge on any atom is 0.144 e. The van der Waals surface area contributed by atoms with Crippen LogP contribution in [0.3, 0.4) is 0 Å². The SMILES string of the molecule is COCCNc1c(N)cc(Cc2ccccc2SC)cc1OC.Cc1ccc(C(C)C)cc1. The minimum absolute atomic E-state index is 0.617. The number of ether oxygens (including phenoxy) is 2. The minimum Gasteiger partial charge on any atom is -0.494 e. The van der Waals surface area contributed by atoms with Gasteiger partial charge < -0.3 is 20.5 Å². The molecule has 3 aromatic carbocycles. The Balaban J connectivity index is 0.000000321. The number of rotatable bonds is 9. The number of nitrogens with one attached hydrogen (secondary N) is 1. The fraction of sp³-hybridized carbons (Fsp3) is 0.357. The maximum atomic E-state index is 6.22. The summed E-state index contributed by atoms with van der Waals surface area (Å²) in [6.45, 7) is 7.84. The third-order valence-corrected chi connectivity index (χ3v) is 6.19. The molecule has 5 heteroatoms. The number of thioether (sulfide) groups is 1. The van der Waals surface area contributed by atoms with Crippen LogP contribution >= 0.6 is 11.8 Å². The van der Waals surface area contributed by atoms with Crippen molar-refractivity contribution >= 4 is 23.1 Å². The lowest BCUT2D eigenvalue weighted by Crippen LogP contribution is -2.10. The number of anilines is 2. The van der Waals surface area contributed by atoms with Gasteiger partial charge >= 0.3 is 0 Å². The number of benzene rings is 3. The van der Waals surface area contributed by atoms with Crippen LogP contribution in [0, 0.1) is 6.92 Å². The van der Waals surface area contributed by atoms with Crippen LogP contribution in [0.4, 0.5) is 11.4 Å². The van der Waals surface area contributed by atoms with Gasteiger partial charge in [-0.3, -0.25) is 0 Å². The molecule has 0 aromatic heterocycles. The van der Waals surface area contributed by atoms with Crippen LogP contribution in [0.15, 0.2) is 65.6 Å². The number of hydrogen-bond donors (Lipinski definition) is 2. The standard InChI is InChI=1S/C18H24N2O2S.C10H14/c1-21-9-8-20-18-15(19)11-13(12-16(18)22-2)10-14-6-4-5-7-17(14)23-3;1-8(2)10-6-4-9(3)5-7-10/h4-7,11-12,20H,8-10,19H2,1-3H3;4-8H,1-3H3. The summed E-state index contributed by atoms with van der Waals surface area (Å²) in [5.41, 5.74) is 12.9. The van der Waals surface area contributed by atoms with Crippen LogP contribution in [0.25, 0.3) is 0 Å². The summed E-state index contributed by atoms with van der Waals surface area (Å²) >= 11 is 1.76. The summed E-state index contributed by atoms with van der Waals surface area (Å²) in [5.74, 6) is 1.42. The highest BCUT2D eigenvalue weighted by atomic mass is 32.2. The minimum atomic E-state index is 0.617. The molecule has 0 heterocycles. The van der Waals surface area contributed by atoms with Gasteiger partial charge in [0.15, 0.2) is 0 Å². The van der Waals surface area contributed by atoms with Gasteiger partial charge in [-0.15, -0.1) is 11.8 Å². The number of aryl methyl sites for hydroxylation is 1. The fourth-order valence-electron chi connectivity index (χ4n) is 3.45. The summed E-state index contributed by atoms with van der Waals surface area (Å²) in [6, 6.07) is 21.2. The Hall–Kier alpha value is -2.63. The van der Waals surface area contributed by atoms with Gasteiger partial charge in [-0.1, -0.05) is 61.9 Å². The predicted octanol–water partition coefficient (Wildman–Crippen LogP) is 6.77. The van der Waals surface area contributed by atoms with E-state index in [0.29, 0.717) is 24.8 Å². The average molecular weight is 467 g/mol. The van der Waals surface area contributed by atoms with E-state index < -0.39 is 0 Å². The van der Waals surface area contributed by atoms with Crippen molar-refractivity contribution < 1.29 is 9.47 Å². The monoisotopic (exact) mass is 466 g/mol. The first-order valence-electron chi connectivity index (χ1n) is 11.3.